The maximum atomic E-state index is 12.9. The number of rotatable bonds is 17. The summed E-state index contributed by atoms with van der Waals surface area (Å²) in [6.45, 7) is 23.5. The SMILES string of the molecule is CN(C)CCCN(c1c(NC(C)(C)CCC(C)(C)Nc2c(N(CCCN(C)C)C(C)(C)C)c(=O)c2=O)c(=O)c1=O)C(C)(C)C. The van der Waals surface area contributed by atoms with Crippen LogP contribution in [0, 0.1) is 0 Å². The van der Waals surface area contributed by atoms with Gasteiger partial charge in [-0.1, -0.05) is 0 Å². The van der Waals surface area contributed by atoms with E-state index in [0.29, 0.717) is 48.7 Å². The van der Waals surface area contributed by atoms with Crippen LogP contribution >= 0.6 is 0 Å². The van der Waals surface area contributed by atoms with Crippen LogP contribution in [0.25, 0.3) is 0 Å². The summed E-state index contributed by atoms with van der Waals surface area (Å²) in [6.07, 6.45) is 3.04. The molecule has 0 spiro atoms. The van der Waals surface area contributed by atoms with E-state index in [1.54, 1.807) is 0 Å². The second kappa shape index (κ2) is 13.7. The summed E-state index contributed by atoms with van der Waals surface area (Å²) in [5.74, 6) is 0. The summed E-state index contributed by atoms with van der Waals surface area (Å²) in [5.41, 5.74) is -1.80. The van der Waals surface area contributed by atoms with E-state index in [1.165, 1.54) is 0 Å². The highest BCUT2D eigenvalue weighted by molar-refractivity contribution is 5.77. The molecule has 44 heavy (non-hydrogen) atoms. The first-order valence-electron chi connectivity index (χ1n) is 16.0. The van der Waals surface area contributed by atoms with Crippen LogP contribution in [0.15, 0.2) is 19.2 Å². The summed E-state index contributed by atoms with van der Waals surface area (Å²) in [5, 5.41) is 6.82. The predicted octanol–water partition coefficient (Wildman–Crippen LogP) is 3.85. The zero-order chi connectivity index (χ0) is 34.0. The summed E-state index contributed by atoms with van der Waals surface area (Å²) in [6, 6.07) is 0. The molecule has 0 unspecified atom stereocenters. The lowest BCUT2D eigenvalue weighted by molar-refractivity contribution is 0.388. The fourth-order valence-corrected chi connectivity index (χ4v) is 5.59. The first-order valence-corrected chi connectivity index (χ1v) is 16.0. The van der Waals surface area contributed by atoms with E-state index in [-0.39, 0.29) is 11.1 Å². The van der Waals surface area contributed by atoms with E-state index in [4.69, 9.17) is 0 Å². The molecule has 10 heteroatoms. The minimum Gasteiger partial charge on any atom is -0.375 e. The Bertz CT molecular complexity index is 1290. The van der Waals surface area contributed by atoms with Crippen LogP contribution < -0.4 is 42.1 Å². The quantitative estimate of drug-likeness (QED) is 0.255. The first kappa shape index (κ1) is 37.5. The van der Waals surface area contributed by atoms with Gasteiger partial charge in [0, 0.05) is 35.2 Å². The molecule has 0 saturated carbocycles. The summed E-state index contributed by atoms with van der Waals surface area (Å²) >= 11 is 0. The van der Waals surface area contributed by atoms with E-state index in [9.17, 15) is 19.2 Å². The molecule has 10 nitrogen and oxygen atoms in total. The van der Waals surface area contributed by atoms with Crippen molar-refractivity contribution < 1.29 is 0 Å². The smallest absolute Gasteiger partial charge is 0.253 e. The largest absolute Gasteiger partial charge is 0.375 e. The molecule has 250 valence electrons. The average Bonchev–Trinajstić information content (AvgIpc) is 2.87. The van der Waals surface area contributed by atoms with Gasteiger partial charge in [0.1, 0.15) is 22.7 Å². The van der Waals surface area contributed by atoms with Gasteiger partial charge in [0.25, 0.3) is 21.7 Å². The molecule has 0 bridgehead atoms. The van der Waals surface area contributed by atoms with E-state index in [0.717, 1.165) is 25.9 Å². The van der Waals surface area contributed by atoms with Crippen LogP contribution in [0.5, 0.6) is 0 Å². The molecule has 0 aliphatic rings. The Morgan fingerprint density at radius 2 is 0.773 bits per heavy atom. The topological polar surface area (TPSA) is 105 Å². The number of nitrogens with one attached hydrogen (secondary N) is 2. The van der Waals surface area contributed by atoms with E-state index in [1.807, 2.05) is 55.9 Å². The standard InChI is InChI=1S/C34H60N6O4/c1-31(2,3)39(21-15-19-37(11)12)25-23(27(41)29(25)43)35-33(7,8)17-18-34(9,10)36-24-26(30(44)28(24)42)40(32(4,5)6)22-16-20-38(13)14/h35-36H,15-22H2,1-14H3. The molecule has 2 aromatic rings. The lowest BCUT2D eigenvalue weighted by atomic mass is 9.88. The van der Waals surface area contributed by atoms with Gasteiger partial charge in [-0.3, -0.25) is 19.2 Å². The third-order valence-corrected chi connectivity index (χ3v) is 8.21. The Morgan fingerprint density at radius 1 is 0.477 bits per heavy atom. The molecule has 2 N–H and O–H groups in total. The minimum atomic E-state index is -0.511. The summed E-state index contributed by atoms with van der Waals surface area (Å²) < 4.78 is 0. The Kier molecular flexibility index (Phi) is 11.7. The summed E-state index contributed by atoms with van der Waals surface area (Å²) in [4.78, 5) is 59.7. The zero-order valence-electron chi connectivity index (χ0n) is 30.1. The van der Waals surface area contributed by atoms with E-state index >= 15 is 0 Å². The minimum absolute atomic E-state index is 0.327. The van der Waals surface area contributed by atoms with Gasteiger partial charge in [-0.15, -0.1) is 0 Å². The fraction of sp³-hybridized carbons (Fsp3) is 0.765. The molecule has 0 amide bonds. The molecule has 0 fully saturated rings. The van der Waals surface area contributed by atoms with Crippen molar-refractivity contribution in [3.8, 4) is 0 Å². The Morgan fingerprint density at radius 3 is 1.02 bits per heavy atom. The Balaban J connectivity index is 2.22. The van der Waals surface area contributed by atoms with Crippen LogP contribution in [-0.2, 0) is 0 Å². The van der Waals surface area contributed by atoms with E-state index in [2.05, 4.69) is 71.8 Å². The van der Waals surface area contributed by atoms with Crippen molar-refractivity contribution in [2.24, 2.45) is 0 Å². The normalized spacial score (nSPS) is 13.4. The second-order valence-corrected chi connectivity index (χ2v) is 16.2. The zero-order valence-corrected chi connectivity index (χ0v) is 30.1. The molecular weight excluding hydrogens is 556 g/mol. The molecule has 0 saturated heterocycles. The second-order valence-electron chi connectivity index (χ2n) is 16.2. The fourth-order valence-electron chi connectivity index (χ4n) is 5.59. The van der Waals surface area contributed by atoms with Crippen molar-refractivity contribution in [2.45, 2.75) is 117 Å². The lowest BCUT2D eigenvalue weighted by Gasteiger charge is -2.42. The van der Waals surface area contributed by atoms with Gasteiger partial charge in [-0.05, 0) is 136 Å². The third-order valence-electron chi connectivity index (χ3n) is 8.21. The highest BCUT2D eigenvalue weighted by atomic mass is 16.2. The molecule has 0 aliphatic heterocycles. The monoisotopic (exact) mass is 616 g/mol. The molecule has 2 rings (SSSR count). The van der Waals surface area contributed by atoms with Crippen molar-refractivity contribution in [3.63, 3.8) is 0 Å². The third kappa shape index (κ3) is 9.39. The van der Waals surface area contributed by atoms with Crippen LogP contribution in [0.3, 0.4) is 0 Å². The Labute approximate surface area is 265 Å². The van der Waals surface area contributed by atoms with Crippen molar-refractivity contribution in [1.82, 2.24) is 9.80 Å². The molecule has 0 aromatic heterocycles. The predicted molar refractivity (Wildman–Crippen MR) is 188 cm³/mol. The van der Waals surface area contributed by atoms with Crippen molar-refractivity contribution in [1.29, 1.82) is 0 Å². The lowest BCUT2D eigenvalue weighted by Crippen LogP contribution is -2.53. The first-order chi connectivity index (χ1) is 19.9. The van der Waals surface area contributed by atoms with Crippen molar-refractivity contribution in [3.05, 3.63) is 40.9 Å². The van der Waals surface area contributed by atoms with Crippen LogP contribution in [-0.4, -0.2) is 86.3 Å². The number of hydrogen-bond acceptors (Lipinski definition) is 10. The van der Waals surface area contributed by atoms with Crippen molar-refractivity contribution >= 4 is 22.7 Å². The van der Waals surface area contributed by atoms with Gasteiger partial charge in [0.05, 0.1) is 0 Å². The highest BCUT2D eigenvalue weighted by Gasteiger charge is 2.37. The number of anilines is 4. The number of nitrogens with zero attached hydrogens (tertiary/aromatic N) is 4. The van der Waals surface area contributed by atoms with Gasteiger partial charge in [0.15, 0.2) is 0 Å². The van der Waals surface area contributed by atoms with Gasteiger partial charge in [0.2, 0.25) is 0 Å². The molecular formula is C34H60N6O4. The van der Waals surface area contributed by atoms with Gasteiger partial charge >= 0.3 is 0 Å². The average molecular weight is 617 g/mol. The molecule has 0 heterocycles. The number of hydrogen-bond donors (Lipinski definition) is 2. The Hall–Kier alpha value is -2.72. The van der Waals surface area contributed by atoms with Gasteiger partial charge in [-0.25, -0.2) is 0 Å². The highest BCUT2D eigenvalue weighted by Crippen LogP contribution is 2.34. The van der Waals surface area contributed by atoms with E-state index < -0.39 is 32.8 Å². The molecule has 2 aromatic carbocycles. The van der Waals surface area contributed by atoms with Gasteiger partial charge in [-0.2, -0.15) is 0 Å². The van der Waals surface area contributed by atoms with Crippen LogP contribution in [0.1, 0.15) is 94.9 Å². The van der Waals surface area contributed by atoms with Crippen molar-refractivity contribution in [2.75, 3.05) is 74.8 Å². The molecule has 0 radical (unpaired) electrons. The maximum absolute atomic E-state index is 12.9. The van der Waals surface area contributed by atoms with Crippen LogP contribution in [0.2, 0.25) is 0 Å². The molecule has 0 atom stereocenters. The molecule has 0 aliphatic carbocycles. The van der Waals surface area contributed by atoms with Crippen LogP contribution in [0.4, 0.5) is 22.7 Å². The maximum Gasteiger partial charge on any atom is 0.253 e. The summed E-state index contributed by atoms with van der Waals surface area (Å²) in [7, 11) is 8.09. The van der Waals surface area contributed by atoms with Gasteiger partial charge < -0.3 is 30.2 Å².